The summed E-state index contributed by atoms with van der Waals surface area (Å²) in [5.41, 5.74) is 7.16. The largest absolute Gasteiger partial charge is 0.508 e. The smallest absolute Gasteiger partial charge is 0.328 e. The minimum Gasteiger partial charge on any atom is -0.508 e. The van der Waals surface area contributed by atoms with Gasteiger partial charge in [-0.15, -0.1) is 0 Å². The number of aliphatic carboxylic acids is 1. The number of allylic oxidation sites excluding steroid dienone is 1. The number of carbonyl (C=O) groups is 1. The van der Waals surface area contributed by atoms with Crippen LogP contribution in [-0.2, 0) is 4.79 Å². The summed E-state index contributed by atoms with van der Waals surface area (Å²) in [7, 11) is 0. The predicted octanol–water partition coefficient (Wildman–Crippen LogP) is 5.74. The molecule has 0 bridgehead atoms. The van der Waals surface area contributed by atoms with E-state index in [0.29, 0.717) is 0 Å². The van der Waals surface area contributed by atoms with Gasteiger partial charge in [0.25, 0.3) is 0 Å². The maximum absolute atomic E-state index is 10.8. The molecule has 4 rings (SSSR count). The number of hydrogen-bond donors (Lipinski definition) is 3. The lowest BCUT2D eigenvalue weighted by atomic mass is 9.87. The first-order valence-corrected chi connectivity index (χ1v) is 10.0. The Morgan fingerprint density at radius 3 is 2.32 bits per heavy atom. The summed E-state index contributed by atoms with van der Waals surface area (Å²) in [6.07, 6.45) is 5.31. The molecule has 5 nitrogen and oxygen atoms in total. The van der Waals surface area contributed by atoms with Crippen molar-refractivity contribution in [1.29, 1.82) is 0 Å². The Labute approximate surface area is 180 Å². The molecule has 0 aliphatic heterocycles. The Kier molecular flexibility index (Phi) is 5.67. The molecule has 5 heteroatoms. The fraction of sp³-hybridized carbons (Fsp3) is 0.0769. The predicted molar refractivity (Wildman–Crippen MR) is 124 cm³/mol. The van der Waals surface area contributed by atoms with Gasteiger partial charge in [-0.05, 0) is 70.2 Å². The van der Waals surface area contributed by atoms with Crippen LogP contribution in [0.2, 0.25) is 0 Å². The monoisotopic (exact) mass is 410 g/mol. The number of aromatic nitrogens is 2. The molecule has 1 aromatic heterocycles. The maximum Gasteiger partial charge on any atom is 0.328 e. The van der Waals surface area contributed by atoms with E-state index < -0.39 is 5.97 Å². The normalized spacial score (nSPS) is 12.3. The zero-order valence-corrected chi connectivity index (χ0v) is 17.0. The van der Waals surface area contributed by atoms with Crippen LogP contribution in [0.25, 0.3) is 28.1 Å². The summed E-state index contributed by atoms with van der Waals surface area (Å²) in [6.45, 7) is 2.11. The Morgan fingerprint density at radius 1 is 0.968 bits per heavy atom. The highest BCUT2D eigenvalue weighted by molar-refractivity contribution is 6.00. The number of nitrogens with one attached hydrogen (secondary N) is 1. The van der Waals surface area contributed by atoms with E-state index in [1.54, 1.807) is 18.2 Å². The fourth-order valence-electron chi connectivity index (χ4n) is 3.73. The average molecular weight is 410 g/mol. The fourth-order valence-corrected chi connectivity index (χ4v) is 3.73. The number of rotatable bonds is 6. The summed E-state index contributed by atoms with van der Waals surface area (Å²) in [5, 5.41) is 26.7. The summed E-state index contributed by atoms with van der Waals surface area (Å²) >= 11 is 0. The van der Waals surface area contributed by atoms with E-state index in [4.69, 9.17) is 5.11 Å². The second kappa shape index (κ2) is 8.71. The second-order valence-electron chi connectivity index (χ2n) is 7.22. The molecule has 0 spiro atoms. The molecule has 3 N–H and O–H groups in total. The first kappa shape index (κ1) is 20.2. The maximum atomic E-state index is 10.8. The van der Waals surface area contributed by atoms with Crippen LogP contribution in [0.3, 0.4) is 0 Å². The molecule has 0 unspecified atom stereocenters. The molecule has 0 fully saturated rings. The van der Waals surface area contributed by atoms with Crippen molar-refractivity contribution in [2.24, 2.45) is 0 Å². The van der Waals surface area contributed by atoms with Gasteiger partial charge in [0.1, 0.15) is 5.75 Å². The average Bonchev–Trinajstić information content (AvgIpc) is 3.25. The van der Waals surface area contributed by atoms with Crippen molar-refractivity contribution in [3.63, 3.8) is 0 Å². The van der Waals surface area contributed by atoms with Gasteiger partial charge in [-0.3, -0.25) is 5.10 Å². The van der Waals surface area contributed by atoms with Gasteiger partial charge in [0, 0.05) is 11.5 Å². The van der Waals surface area contributed by atoms with E-state index in [9.17, 15) is 9.90 Å². The van der Waals surface area contributed by atoms with Crippen LogP contribution in [0.1, 0.15) is 35.6 Å². The van der Waals surface area contributed by atoms with E-state index in [2.05, 4.69) is 29.3 Å². The number of fused-ring (bicyclic) bond motifs is 1. The van der Waals surface area contributed by atoms with Gasteiger partial charge in [0.05, 0.1) is 11.7 Å². The van der Waals surface area contributed by atoms with Gasteiger partial charge in [0.15, 0.2) is 0 Å². The van der Waals surface area contributed by atoms with E-state index in [1.807, 2.05) is 48.7 Å². The number of aromatic hydroxyl groups is 1. The van der Waals surface area contributed by atoms with E-state index in [1.165, 1.54) is 0 Å². The SMILES string of the molecule is CCC(=C(c1ccc(C=CC(=O)O)cc1)c1ccc2[nH]ncc2c1)c1ccc(O)cc1. The molecule has 154 valence electrons. The van der Waals surface area contributed by atoms with Crippen molar-refractivity contribution < 1.29 is 15.0 Å². The molecular formula is C26H22N2O3. The zero-order valence-electron chi connectivity index (χ0n) is 17.0. The summed E-state index contributed by atoms with van der Waals surface area (Å²) in [6, 6.07) is 21.3. The number of H-pyrrole nitrogens is 1. The minimum atomic E-state index is -0.973. The molecule has 0 amide bonds. The Balaban J connectivity index is 1.89. The second-order valence-corrected chi connectivity index (χ2v) is 7.22. The summed E-state index contributed by atoms with van der Waals surface area (Å²) in [4.78, 5) is 10.8. The van der Waals surface area contributed by atoms with Crippen molar-refractivity contribution in [3.8, 4) is 5.75 Å². The quantitative estimate of drug-likeness (QED) is 0.280. The number of nitrogens with zero attached hydrogens (tertiary/aromatic N) is 1. The van der Waals surface area contributed by atoms with Crippen LogP contribution in [0.4, 0.5) is 0 Å². The Morgan fingerprint density at radius 2 is 1.65 bits per heavy atom. The number of phenolic OH excluding ortho intramolecular Hbond substituents is 1. The highest BCUT2D eigenvalue weighted by atomic mass is 16.4. The minimum absolute atomic E-state index is 0.232. The lowest BCUT2D eigenvalue weighted by Gasteiger charge is -2.17. The zero-order chi connectivity index (χ0) is 21.8. The molecule has 0 saturated heterocycles. The first-order chi connectivity index (χ1) is 15.0. The van der Waals surface area contributed by atoms with Gasteiger partial charge in [-0.2, -0.15) is 5.10 Å². The Bertz CT molecular complexity index is 1280. The molecule has 0 aliphatic carbocycles. The third kappa shape index (κ3) is 4.41. The van der Waals surface area contributed by atoms with Crippen LogP contribution < -0.4 is 0 Å². The van der Waals surface area contributed by atoms with Crippen molar-refractivity contribution >= 4 is 34.1 Å². The third-order valence-electron chi connectivity index (χ3n) is 5.22. The van der Waals surface area contributed by atoms with Crippen LogP contribution in [0.15, 0.2) is 79.0 Å². The lowest BCUT2D eigenvalue weighted by molar-refractivity contribution is -0.131. The molecular weight excluding hydrogens is 388 g/mol. The van der Waals surface area contributed by atoms with Crippen LogP contribution >= 0.6 is 0 Å². The topological polar surface area (TPSA) is 86.2 Å². The molecule has 0 radical (unpaired) electrons. The number of phenols is 1. The Hall–Kier alpha value is -4.12. The molecule has 0 saturated carbocycles. The molecule has 1 heterocycles. The van der Waals surface area contributed by atoms with Crippen LogP contribution in [0.5, 0.6) is 5.75 Å². The third-order valence-corrected chi connectivity index (χ3v) is 5.22. The van der Waals surface area contributed by atoms with Crippen LogP contribution in [-0.4, -0.2) is 26.4 Å². The van der Waals surface area contributed by atoms with Crippen molar-refractivity contribution in [1.82, 2.24) is 10.2 Å². The molecule has 4 aromatic rings. The van der Waals surface area contributed by atoms with E-state index in [-0.39, 0.29) is 5.75 Å². The van der Waals surface area contributed by atoms with Gasteiger partial charge in [-0.1, -0.05) is 49.4 Å². The van der Waals surface area contributed by atoms with Crippen molar-refractivity contribution in [3.05, 3.63) is 101 Å². The number of carboxylic acids is 1. The molecule has 3 aromatic carbocycles. The summed E-state index contributed by atoms with van der Waals surface area (Å²) < 4.78 is 0. The van der Waals surface area contributed by atoms with E-state index in [0.717, 1.165) is 56.8 Å². The molecule has 0 aliphatic rings. The molecule has 31 heavy (non-hydrogen) atoms. The number of aromatic amines is 1. The highest BCUT2D eigenvalue weighted by Crippen LogP contribution is 2.36. The molecule has 0 atom stereocenters. The first-order valence-electron chi connectivity index (χ1n) is 10.0. The van der Waals surface area contributed by atoms with Gasteiger partial charge in [0.2, 0.25) is 0 Å². The highest BCUT2D eigenvalue weighted by Gasteiger charge is 2.14. The lowest BCUT2D eigenvalue weighted by Crippen LogP contribution is -1.95. The number of carboxylic acid groups (broad SMARTS) is 1. The van der Waals surface area contributed by atoms with Gasteiger partial charge < -0.3 is 10.2 Å². The van der Waals surface area contributed by atoms with E-state index >= 15 is 0 Å². The number of benzene rings is 3. The van der Waals surface area contributed by atoms with Crippen molar-refractivity contribution in [2.45, 2.75) is 13.3 Å². The van der Waals surface area contributed by atoms with Gasteiger partial charge in [-0.25, -0.2) is 4.79 Å². The summed E-state index contributed by atoms with van der Waals surface area (Å²) in [5.74, 6) is -0.742. The van der Waals surface area contributed by atoms with Crippen LogP contribution in [0, 0.1) is 0 Å². The standard InChI is InChI=1S/C26H22N2O3/c1-2-23(18-8-11-22(29)12-9-18)26(20-10-13-24-21(15-20)16-27-28-24)19-6-3-17(4-7-19)5-14-25(30)31/h3-16,29H,2H2,1H3,(H,27,28)(H,30,31). The van der Waals surface area contributed by atoms with Crippen molar-refractivity contribution in [2.75, 3.05) is 0 Å². The number of hydrogen-bond acceptors (Lipinski definition) is 3. The van der Waals surface area contributed by atoms with Gasteiger partial charge >= 0.3 is 5.97 Å².